The third kappa shape index (κ3) is 4.72. The molecule has 2 aromatic carbocycles. The number of nitrogens with one attached hydrogen (secondary N) is 1. The van der Waals surface area contributed by atoms with Crippen molar-refractivity contribution in [1.29, 1.82) is 0 Å². The zero-order valence-corrected chi connectivity index (χ0v) is 21.8. The summed E-state index contributed by atoms with van der Waals surface area (Å²) >= 11 is 30.4. The average molecular weight is 567 g/mol. The first-order chi connectivity index (χ1) is 15.9. The van der Waals surface area contributed by atoms with E-state index < -0.39 is 42.3 Å². The summed E-state index contributed by atoms with van der Waals surface area (Å²) in [6, 6.07) is 3.60. The second-order valence-corrected chi connectivity index (χ2v) is 9.66. The molecule has 3 amide bonds. The third-order valence-electron chi connectivity index (χ3n) is 5.17. The zero-order valence-electron chi connectivity index (χ0n) is 18.0. The molecule has 0 spiro atoms. The second-order valence-electron chi connectivity index (χ2n) is 7.74. The topological polar surface area (TPSA) is 92.8 Å². The van der Waals surface area contributed by atoms with Crippen molar-refractivity contribution >= 4 is 87.4 Å². The van der Waals surface area contributed by atoms with Crippen molar-refractivity contribution in [3.8, 4) is 0 Å². The van der Waals surface area contributed by atoms with Gasteiger partial charge in [0.25, 0.3) is 17.7 Å². The lowest BCUT2D eigenvalue weighted by atomic mass is 10.0. The van der Waals surface area contributed by atoms with Gasteiger partial charge in [0.15, 0.2) is 6.61 Å². The minimum Gasteiger partial charge on any atom is -0.454 e. The Morgan fingerprint density at radius 2 is 1.47 bits per heavy atom. The van der Waals surface area contributed by atoms with Gasteiger partial charge in [0, 0.05) is 10.7 Å². The summed E-state index contributed by atoms with van der Waals surface area (Å²) in [7, 11) is 0. The standard InChI is InChI=1S/C22H17Cl5N2O5/c1-8(2)19(22(33)34-7-12(30)28-11-6-4-5-10(23)9(11)3)29-20(31)13-14(21(29)32)16(25)18(27)17(26)15(13)24/h4-6,8,19H,7H2,1-3H3,(H,28,30)/t19-/m1/s1. The van der Waals surface area contributed by atoms with Crippen LogP contribution in [0.25, 0.3) is 0 Å². The predicted molar refractivity (Wildman–Crippen MR) is 131 cm³/mol. The van der Waals surface area contributed by atoms with Crippen molar-refractivity contribution in [2.75, 3.05) is 11.9 Å². The number of nitrogens with zero attached hydrogens (tertiary/aromatic N) is 1. The number of benzene rings is 2. The van der Waals surface area contributed by atoms with Crippen LogP contribution < -0.4 is 5.32 Å². The Balaban J connectivity index is 1.81. The number of halogens is 5. The highest BCUT2D eigenvalue weighted by Crippen LogP contribution is 2.45. The molecule has 34 heavy (non-hydrogen) atoms. The number of carbonyl (C=O) groups excluding carboxylic acids is 4. The number of carbonyl (C=O) groups is 4. The van der Waals surface area contributed by atoms with Crippen molar-refractivity contribution in [2.24, 2.45) is 5.92 Å². The predicted octanol–water partition coefficient (Wildman–Crippen LogP) is 6.06. The number of amides is 3. The molecule has 1 aliphatic rings. The minimum atomic E-state index is -1.36. The first-order valence-corrected chi connectivity index (χ1v) is 11.7. The summed E-state index contributed by atoms with van der Waals surface area (Å²) < 4.78 is 5.14. The molecule has 0 unspecified atom stereocenters. The Bertz CT molecular complexity index is 1180. The van der Waals surface area contributed by atoms with Crippen molar-refractivity contribution in [3.63, 3.8) is 0 Å². The van der Waals surface area contributed by atoms with Gasteiger partial charge in [-0.25, -0.2) is 4.79 Å². The average Bonchev–Trinajstić information content (AvgIpc) is 3.03. The molecule has 2 aromatic rings. The van der Waals surface area contributed by atoms with Crippen LogP contribution in [0.5, 0.6) is 0 Å². The summed E-state index contributed by atoms with van der Waals surface area (Å²) in [5, 5.41) is 2.17. The molecule has 1 N–H and O–H groups in total. The van der Waals surface area contributed by atoms with Crippen LogP contribution >= 0.6 is 58.0 Å². The summed E-state index contributed by atoms with van der Waals surface area (Å²) in [5.74, 6) is -3.92. The molecule has 0 radical (unpaired) electrons. The molecule has 7 nitrogen and oxygen atoms in total. The Morgan fingerprint density at radius 1 is 0.941 bits per heavy atom. The quantitative estimate of drug-likeness (QED) is 0.199. The number of anilines is 1. The molecule has 180 valence electrons. The first kappa shape index (κ1) is 26.6. The van der Waals surface area contributed by atoms with E-state index in [-0.39, 0.29) is 31.2 Å². The molecule has 0 aliphatic carbocycles. The molecule has 1 atom stereocenters. The van der Waals surface area contributed by atoms with Crippen LogP contribution in [0.1, 0.15) is 40.1 Å². The third-order valence-corrected chi connectivity index (χ3v) is 7.38. The lowest BCUT2D eigenvalue weighted by molar-refractivity contribution is -0.152. The molecule has 1 heterocycles. The van der Waals surface area contributed by atoms with Crippen LogP contribution in [0.15, 0.2) is 18.2 Å². The highest BCUT2D eigenvalue weighted by atomic mass is 35.5. The molecule has 0 bridgehead atoms. The van der Waals surface area contributed by atoms with Crippen molar-refractivity contribution in [1.82, 2.24) is 4.90 Å². The zero-order chi connectivity index (χ0) is 25.5. The number of imide groups is 1. The van der Waals surface area contributed by atoms with E-state index >= 15 is 0 Å². The van der Waals surface area contributed by atoms with E-state index in [0.717, 1.165) is 0 Å². The van der Waals surface area contributed by atoms with E-state index in [2.05, 4.69) is 5.32 Å². The van der Waals surface area contributed by atoms with Crippen LogP contribution in [0.3, 0.4) is 0 Å². The van der Waals surface area contributed by atoms with Crippen molar-refractivity contribution in [2.45, 2.75) is 26.8 Å². The maximum Gasteiger partial charge on any atom is 0.330 e. The lowest BCUT2D eigenvalue weighted by Gasteiger charge is -2.27. The van der Waals surface area contributed by atoms with Crippen LogP contribution in [0.2, 0.25) is 25.1 Å². The molecule has 0 aromatic heterocycles. The molecule has 1 aliphatic heterocycles. The van der Waals surface area contributed by atoms with Gasteiger partial charge in [0.2, 0.25) is 0 Å². The molecule has 0 saturated heterocycles. The number of rotatable bonds is 6. The largest absolute Gasteiger partial charge is 0.454 e. The lowest BCUT2D eigenvalue weighted by Crippen LogP contribution is -2.49. The number of fused-ring (bicyclic) bond motifs is 1. The Morgan fingerprint density at radius 3 is 1.97 bits per heavy atom. The number of hydrogen-bond donors (Lipinski definition) is 1. The SMILES string of the molecule is Cc1c(Cl)cccc1NC(=O)COC(=O)[C@@H](C(C)C)N1C(=O)c2c(Cl)c(Cl)c(Cl)c(Cl)c2C1=O. The van der Waals surface area contributed by atoms with Crippen LogP contribution in [-0.4, -0.2) is 41.2 Å². The fourth-order valence-corrected chi connectivity index (χ4v) is 4.63. The summed E-state index contributed by atoms with van der Waals surface area (Å²) in [5.41, 5.74) is 0.589. The fourth-order valence-electron chi connectivity index (χ4n) is 3.45. The van der Waals surface area contributed by atoms with Crippen LogP contribution in [0, 0.1) is 12.8 Å². The number of hydrogen-bond acceptors (Lipinski definition) is 5. The highest BCUT2D eigenvalue weighted by Gasteiger charge is 2.48. The molecular weight excluding hydrogens is 550 g/mol. The van der Waals surface area contributed by atoms with Crippen molar-refractivity contribution in [3.05, 3.63) is 60.0 Å². The van der Waals surface area contributed by atoms with Gasteiger partial charge in [-0.2, -0.15) is 0 Å². The smallest absolute Gasteiger partial charge is 0.330 e. The van der Waals surface area contributed by atoms with Gasteiger partial charge < -0.3 is 10.1 Å². The number of ether oxygens (including phenoxy) is 1. The van der Waals surface area contributed by atoms with E-state index in [4.69, 9.17) is 62.7 Å². The van der Waals surface area contributed by atoms with Gasteiger partial charge in [-0.05, 0) is 30.5 Å². The Hall–Kier alpha value is -2.03. The van der Waals surface area contributed by atoms with Crippen LogP contribution in [0.4, 0.5) is 5.69 Å². The van der Waals surface area contributed by atoms with Gasteiger partial charge in [-0.1, -0.05) is 77.9 Å². The van der Waals surface area contributed by atoms with Gasteiger partial charge in [0.05, 0.1) is 31.2 Å². The normalized spacial score (nSPS) is 13.9. The Kier molecular flexibility index (Phi) is 8.05. The Labute approximate surface area is 220 Å². The maximum absolute atomic E-state index is 13.1. The summed E-state index contributed by atoms with van der Waals surface area (Å²) in [6.45, 7) is 4.27. The number of esters is 1. The van der Waals surface area contributed by atoms with Gasteiger partial charge >= 0.3 is 5.97 Å². The van der Waals surface area contributed by atoms with E-state index in [1.807, 2.05) is 0 Å². The molecular formula is C22H17Cl5N2O5. The maximum atomic E-state index is 13.1. The minimum absolute atomic E-state index is 0.188. The van der Waals surface area contributed by atoms with Crippen LogP contribution in [-0.2, 0) is 14.3 Å². The van der Waals surface area contributed by atoms with Gasteiger partial charge in [0.1, 0.15) is 6.04 Å². The second kappa shape index (κ2) is 10.3. The first-order valence-electron chi connectivity index (χ1n) is 9.83. The van der Waals surface area contributed by atoms with E-state index in [0.29, 0.717) is 21.2 Å². The highest BCUT2D eigenvalue weighted by molar-refractivity contribution is 6.55. The van der Waals surface area contributed by atoms with E-state index in [1.54, 1.807) is 39.0 Å². The van der Waals surface area contributed by atoms with E-state index in [1.165, 1.54) is 0 Å². The molecule has 3 rings (SSSR count). The molecule has 0 saturated carbocycles. The van der Waals surface area contributed by atoms with Gasteiger partial charge in [-0.15, -0.1) is 0 Å². The summed E-state index contributed by atoms with van der Waals surface area (Å²) in [6.07, 6.45) is 0. The van der Waals surface area contributed by atoms with E-state index in [9.17, 15) is 19.2 Å². The fraction of sp³-hybridized carbons (Fsp3) is 0.273. The monoisotopic (exact) mass is 564 g/mol. The molecule has 12 heteroatoms. The summed E-state index contributed by atoms with van der Waals surface area (Å²) in [4.78, 5) is 52.1. The van der Waals surface area contributed by atoms with Crippen molar-refractivity contribution < 1.29 is 23.9 Å². The molecule has 0 fully saturated rings. The van der Waals surface area contributed by atoms with Gasteiger partial charge in [-0.3, -0.25) is 19.3 Å².